The zero-order valence-electron chi connectivity index (χ0n) is 9.88. The van der Waals surface area contributed by atoms with E-state index in [1.165, 1.54) is 0 Å². The highest BCUT2D eigenvalue weighted by Crippen LogP contribution is 2.25. The fraction of sp³-hybridized carbons (Fsp3) is 0.0714. The molecule has 3 aromatic rings. The summed E-state index contributed by atoms with van der Waals surface area (Å²) < 4.78 is 6.94. The molecule has 0 fully saturated rings. The van der Waals surface area contributed by atoms with Crippen LogP contribution in [-0.4, -0.2) is 16.7 Å². The van der Waals surface area contributed by atoms with Gasteiger partial charge < -0.3 is 9.72 Å². The summed E-state index contributed by atoms with van der Waals surface area (Å²) in [7, 11) is 1.60. The van der Waals surface area contributed by atoms with E-state index in [4.69, 9.17) is 4.74 Å². The topological polar surface area (TPSA) is 47.0 Å². The van der Waals surface area contributed by atoms with Crippen molar-refractivity contribution in [2.45, 2.75) is 0 Å². The van der Waals surface area contributed by atoms with Gasteiger partial charge in [0.15, 0.2) is 0 Å². The number of imidazole rings is 1. The van der Waals surface area contributed by atoms with Gasteiger partial charge in [-0.1, -0.05) is 24.3 Å². The number of aromatic nitrogens is 2. The van der Waals surface area contributed by atoms with Crippen LogP contribution in [0.5, 0.6) is 5.75 Å². The number of H-pyrrole nitrogens is 1. The van der Waals surface area contributed by atoms with Crippen LogP contribution in [0.1, 0.15) is 0 Å². The van der Waals surface area contributed by atoms with Gasteiger partial charge in [-0.25, -0.2) is 4.79 Å². The smallest absolute Gasteiger partial charge is 0.331 e. The maximum absolute atomic E-state index is 12.1. The average Bonchev–Trinajstić information content (AvgIpc) is 2.75. The Morgan fingerprint density at radius 1 is 1.06 bits per heavy atom. The predicted molar refractivity (Wildman–Crippen MR) is 70.4 cm³/mol. The molecular formula is C14H12N2O2. The Hall–Kier alpha value is -2.49. The van der Waals surface area contributed by atoms with E-state index in [9.17, 15) is 4.79 Å². The fourth-order valence-electron chi connectivity index (χ4n) is 2.11. The molecule has 0 unspecified atom stereocenters. The van der Waals surface area contributed by atoms with Crippen molar-refractivity contribution in [1.82, 2.24) is 9.55 Å². The lowest BCUT2D eigenvalue weighted by molar-refractivity contribution is 0.418. The van der Waals surface area contributed by atoms with Crippen molar-refractivity contribution in [3.8, 4) is 11.4 Å². The molecule has 0 amide bonds. The van der Waals surface area contributed by atoms with Crippen molar-refractivity contribution < 1.29 is 4.74 Å². The van der Waals surface area contributed by atoms with Gasteiger partial charge in [0.05, 0.1) is 18.3 Å². The molecule has 0 saturated heterocycles. The molecule has 0 saturated carbocycles. The predicted octanol–water partition coefficient (Wildman–Crippen LogP) is 2.33. The summed E-state index contributed by atoms with van der Waals surface area (Å²) >= 11 is 0. The van der Waals surface area contributed by atoms with Crippen LogP contribution in [0.15, 0.2) is 53.3 Å². The zero-order chi connectivity index (χ0) is 12.5. The van der Waals surface area contributed by atoms with Crippen LogP contribution in [0, 0.1) is 0 Å². The molecule has 2 aromatic carbocycles. The van der Waals surface area contributed by atoms with E-state index < -0.39 is 0 Å². The van der Waals surface area contributed by atoms with Gasteiger partial charge >= 0.3 is 5.69 Å². The van der Waals surface area contributed by atoms with Crippen molar-refractivity contribution in [3.05, 3.63) is 59.0 Å². The van der Waals surface area contributed by atoms with E-state index in [-0.39, 0.29) is 5.69 Å². The summed E-state index contributed by atoms with van der Waals surface area (Å²) in [6, 6.07) is 15.1. The molecule has 0 bridgehead atoms. The fourth-order valence-corrected chi connectivity index (χ4v) is 2.11. The van der Waals surface area contributed by atoms with E-state index in [1.54, 1.807) is 11.7 Å². The van der Waals surface area contributed by atoms with Gasteiger partial charge in [0, 0.05) is 0 Å². The molecule has 1 aromatic heterocycles. The molecule has 90 valence electrons. The van der Waals surface area contributed by atoms with Crippen LogP contribution in [0.4, 0.5) is 0 Å². The van der Waals surface area contributed by atoms with E-state index in [2.05, 4.69) is 4.98 Å². The van der Waals surface area contributed by atoms with Crippen LogP contribution in [-0.2, 0) is 0 Å². The standard InChI is InChI=1S/C14H12N2O2/c1-18-12-9-5-8-11-13(12)16(14(17)15-11)10-6-3-2-4-7-10/h2-9H,1H3,(H,15,17). The van der Waals surface area contributed by atoms with Gasteiger partial charge in [-0.2, -0.15) is 0 Å². The molecule has 0 radical (unpaired) electrons. The molecule has 0 aliphatic rings. The number of hydrogen-bond donors (Lipinski definition) is 1. The minimum atomic E-state index is -0.166. The number of benzene rings is 2. The van der Waals surface area contributed by atoms with Crippen molar-refractivity contribution in [1.29, 1.82) is 0 Å². The van der Waals surface area contributed by atoms with Crippen LogP contribution in [0.2, 0.25) is 0 Å². The van der Waals surface area contributed by atoms with Crippen molar-refractivity contribution >= 4 is 11.0 Å². The molecule has 0 atom stereocenters. The summed E-state index contributed by atoms with van der Waals surface area (Å²) in [6.45, 7) is 0. The highest BCUT2D eigenvalue weighted by atomic mass is 16.5. The summed E-state index contributed by atoms with van der Waals surface area (Å²) in [5, 5.41) is 0. The first-order chi connectivity index (χ1) is 8.81. The van der Waals surface area contributed by atoms with Crippen molar-refractivity contribution in [2.24, 2.45) is 0 Å². The Labute approximate surface area is 103 Å². The molecule has 0 aliphatic carbocycles. The zero-order valence-corrected chi connectivity index (χ0v) is 9.88. The second-order valence-corrected chi connectivity index (χ2v) is 3.96. The molecule has 18 heavy (non-hydrogen) atoms. The molecule has 4 heteroatoms. The lowest BCUT2D eigenvalue weighted by Gasteiger charge is -2.06. The summed E-state index contributed by atoms with van der Waals surface area (Å²) in [4.78, 5) is 14.9. The highest BCUT2D eigenvalue weighted by molar-refractivity contribution is 5.83. The Bertz CT molecular complexity index is 741. The normalized spacial score (nSPS) is 10.7. The van der Waals surface area contributed by atoms with Gasteiger partial charge in [0.2, 0.25) is 0 Å². The first kappa shape index (κ1) is 10.7. The number of nitrogens with one attached hydrogen (secondary N) is 1. The van der Waals surface area contributed by atoms with E-state index in [0.717, 1.165) is 16.7 Å². The molecule has 0 aliphatic heterocycles. The minimum absolute atomic E-state index is 0.166. The van der Waals surface area contributed by atoms with Crippen molar-refractivity contribution in [3.63, 3.8) is 0 Å². The minimum Gasteiger partial charge on any atom is -0.494 e. The van der Waals surface area contributed by atoms with Crippen LogP contribution in [0.3, 0.4) is 0 Å². The van der Waals surface area contributed by atoms with Crippen LogP contribution >= 0.6 is 0 Å². The highest BCUT2D eigenvalue weighted by Gasteiger charge is 2.12. The second kappa shape index (κ2) is 4.07. The van der Waals surface area contributed by atoms with E-state index >= 15 is 0 Å². The number of rotatable bonds is 2. The second-order valence-electron chi connectivity index (χ2n) is 3.96. The van der Waals surface area contributed by atoms with Gasteiger partial charge in [-0.3, -0.25) is 4.57 Å². The number of aromatic amines is 1. The Morgan fingerprint density at radius 3 is 2.56 bits per heavy atom. The van der Waals surface area contributed by atoms with Crippen LogP contribution < -0.4 is 10.4 Å². The third kappa shape index (κ3) is 1.50. The monoisotopic (exact) mass is 240 g/mol. The first-order valence-corrected chi connectivity index (χ1v) is 5.64. The average molecular weight is 240 g/mol. The van der Waals surface area contributed by atoms with E-state index in [1.807, 2.05) is 48.5 Å². The number of nitrogens with zero attached hydrogens (tertiary/aromatic N) is 1. The molecule has 1 heterocycles. The number of fused-ring (bicyclic) bond motifs is 1. The maximum Gasteiger partial charge on any atom is 0.331 e. The maximum atomic E-state index is 12.1. The molecular weight excluding hydrogens is 228 g/mol. The summed E-state index contributed by atoms with van der Waals surface area (Å²) in [5.74, 6) is 0.676. The van der Waals surface area contributed by atoms with Gasteiger partial charge in [0.1, 0.15) is 11.3 Å². The van der Waals surface area contributed by atoms with Gasteiger partial charge in [0.25, 0.3) is 0 Å². The number of methoxy groups -OCH3 is 1. The first-order valence-electron chi connectivity index (χ1n) is 5.64. The quantitative estimate of drug-likeness (QED) is 0.747. The molecule has 4 nitrogen and oxygen atoms in total. The van der Waals surface area contributed by atoms with Gasteiger partial charge in [-0.15, -0.1) is 0 Å². The molecule has 1 N–H and O–H groups in total. The lowest BCUT2D eigenvalue weighted by Crippen LogP contribution is -2.14. The van der Waals surface area contributed by atoms with Crippen LogP contribution in [0.25, 0.3) is 16.7 Å². The number of para-hydroxylation sites is 2. The summed E-state index contributed by atoms with van der Waals surface area (Å²) in [5.41, 5.74) is 2.18. The number of ether oxygens (including phenoxy) is 1. The van der Waals surface area contributed by atoms with E-state index in [0.29, 0.717) is 5.75 Å². The SMILES string of the molecule is COc1cccc2[nH]c(=O)n(-c3ccccc3)c12. The largest absolute Gasteiger partial charge is 0.494 e. The summed E-state index contributed by atoms with van der Waals surface area (Å²) in [6.07, 6.45) is 0. The number of hydrogen-bond acceptors (Lipinski definition) is 2. The third-order valence-electron chi connectivity index (χ3n) is 2.90. The Balaban J connectivity index is 2.42. The van der Waals surface area contributed by atoms with Gasteiger partial charge in [-0.05, 0) is 24.3 Å². The molecule has 0 spiro atoms. The third-order valence-corrected chi connectivity index (χ3v) is 2.90. The molecule has 3 rings (SSSR count). The lowest BCUT2D eigenvalue weighted by atomic mass is 10.2. The van der Waals surface area contributed by atoms with Crippen molar-refractivity contribution in [2.75, 3.05) is 7.11 Å². The Kier molecular flexibility index (Phi) is 2.41. The Morgan fingerprint density at radius 2 is 1.83 bits per heavy atom.